The van der Waals surface area contributed by atoms with E-state index in [1.807, 2.05) is 0 Å². The van der Waals surface area contributed by atoms with Gasteiger partial charge in [0, 0.05) is 11.4 Å². The zero-order chi connectivity index (χ0) is 13.5. The van der Waals surface area contributed by atoms with Crippen LogP contribution >= 0.6 is 0 Å². The topological polar surface area (TPSA) is 12.0 Å². The van der Waals surface area contributed by atoms with Gasteiger partial charge in [-0.15, -0.1) is 0 Å². The van der Waals surface area contributed by atoms with E-state index >= 15 is 0 Å². The van der Waals surface area contributed by atoms with Gasteiger partial charge in [0.05, 0.1) is 0 Å². The minimum Gasteiger partial charge on any atom is -0.356 e. The Labute approximate surface area is 112 Å². The van der Waals surface area contributed by atoms with Crippen LogP contribution in [-0.4, -0.2) is 0 Å². The van der Waals surface area contributed by atoms with Crippen molar-refractivity contribution in [3.8, 4) is 0 Å². The molecule has 1 nitrogen and oxygen atoms in total. The summed E-state index contributed by atoms with van der Waals surface area (Å²) >= 11 is 0. The van der Waals surface area contributed by atoms with Gasteiger partial charge in [-0.2, -0.15) is 0 Å². The lowest BCUT2D eigenvalue weighted by molar-refractivity contribution is 0.556. The van der Waals surface area contributed by atoms with Crippen molar-refractivity contribution in [1.82, 2.24) is 0 Å². The van der Waals surface area contributed by atoms with Crippen molar-refractivity contribution in [2.24, 2.45) is 5.92 Å². The average molecular weight is 243 g/mol. The standard InChI is InChI=1S/C17H25N/c1-6-15(5)18-17-11-10-14(4)12-16(17)9-7-8-13(2)3/h6,10-13,18H,1,5,7-9H2,2-4H3. The van der Waals surface area contributed by atoms with E-state index in [0.29, 0.717) is 0 Å². The molecule has 1 heteroatoms. The highest BCUT2D eigenvalue weighted by molar-refractivity contribution is 5.57. The Bertz CT molecular complexity index is 416. The van der Waals surface area contributed by atoms with E-state index in [-0.39, 0.29) is 0 Å². The molecule has 0 bridgehead atoms. The molecule has 98 valence electrons. The van der Waals surface area contributed by atoms with Crippen LogP contribution in [0.2, 0.25) is 0 Å². The third-order valence-corrected chi connectivity index (χ3v) is 3.03. The molecule has 0 unspecified atom stereocenters. The van der Waals surface area contributed by atoms with E-state index in [4.69, 9.17) is 0 Å². The summed E-state index contributed by atoms with van der Waals surface area (Å²) < 4.78 is 0. The monoisotopic (exact) mass is 243 g/mol. The zero-order valence-corrected chi connectivity index (χ0v) is 11.9. The minimum absolute atomic E-state index is 0.773. The lowest BCUT2D eigenvalue weighted by Crippen LogP contribution is -2.01. The van der Waals surface area contributed by atoms with E-state index < -0.39 is 0 Å². The van der Waals surface area contributed by atoms with Gasteiger partial charge < -0.3 is 5.32 Å². The van der Waals surface area contributed by atoms with Crippen molar-refractivity contribution in [2.75, 3.05) is 5.32 Å². The molecular formula is C17H25N. The molecule has 0 fully saturated rings. The summed E-state index contributed by atoms with van der Waals surface area (Å²) in [6.07, 6.45) is 5.37. The van der Waals surface area contributed by atoms with Gasteiger partial charge >= 0.3 is 0 Å². The fourth-order valence-corrected chi connectivity index (χ4v) is 1.98. The predicted molar refractivity (Wildman–Crippen MR) is 81.9 cm³/mol. The van der Waals surface area contributed by atoms with Gasteiger partial charge in [0.25, 0.3) is 0 Å². The smallest absolute Gasteiger partial charge is 0.0416 e. The number of anilines is 1. The van der Waals surface area contributed by atoms with Gasteiger partial charge in [-0.05, 0) is 43.4 Å². The van der Waals surface area contributed by atoms with Gasteiger partial charge in [0.15, 0.2) is 0 Å². The van der Waals surface area contributed by atoms with Crippen LogP contribution in [-0.2, 0) is 6.42 Å². The number of benzene rings is 1. The van der Waals surface area contributed by atoms with Crippen LogP contribution in [0.4, 0.5) is 5.69 Å². The number of hydrogen-bond donors (Lipinski definition) is 1. The first-order valence-electron chi connectivity index (χ1n) is 6.71. The quantitative estimate of drug-likeness (QED) is 0.658. The summed E-state index contributed by atoms with van der Waals surface area (Å²) in [6.45, 7) is 14.3. The van der Waals surface area contributed by atoms with Crippen LogP contribution < -0.4 is 5.32 Å². The van der Waals surface area contributed by atoms with Crippen LogP contribution in [0.15, 0.2) is 43.1 Å². The molecule has 1 aromatic carbocycles. The highest BCUT2D eigenvalue weighted by atomic mass is 14.9. The van der Waals surface area contributed by atoms with Crippen LogP contribution in [0.5, 0.6) is 0 Å². The maximum absolute atomic E-state index is 3.91. The minimum atomic E-state index is 0.773. The van der Waals surface area contributed by atoms with Crippen molar-refractivity contribution in [3.05, 3.63) is 54.3 Å². The number of rotatable bonds is 7. The molecule has 0 atom stereocenters. The molecule has 0 aliphatic heterocycles. The van der Waals surface area contributed by atoms with Gasteiger partial charge in [-0.1, -0.05) is 51.1 Å². The van der Waals surface area contributed by atoms with E-state index in [9.17, 15) is 0 Å². The maximum atomic E-state index is 3.91. The molecule has 0 aliphatic carbocycles. The summed E-state index contributed by atoms with van der Waals surface area (Å²) in [4.78, 5) is 0. The predicted octanol–water partition coefficient (Wildman–Crippen LogP) is 5.09. The highest BCUT2D eigenvalue weighted by Gasteiger charge is 2.04. The van der Waals surface area contributed by atoms with E-state index in [1.165, 1.54) is 24.0 Å². The van der Waals surface area contributed by atoms with Crippen molar-refractivity contribution < 1.29 is 0 Å². The Morgan fingerprint density at radius 2 is 2.11 bits per heavy atom. The Morgan fingerprint density at radius 1 is 1.39 bits per heavy atom. The first-order valence-corrected chi connectivity index (χ1v) is 6.71. The lowest BCUT2D eigenvalue weighted by Gasteiger charge is -2.13. The van der Waals surface area contributed by atoms with Crippen molar-refractivity contribution in [1.29, 1.82) is 0 Å². The van der Waals surface area contributed by atoms with Crippen LogP contribution in [0.25, 0.3) is 0 Å². The Morgan fingerprint density at radius 3 is 2.72 bits per heavy atom. The average Bonchev–Trinajstić information content (AvgIpc) is 2.31. The Balaban J connectivity index is 2.76. The number of aryl methyl sites for hydroxylation is 2. The fourth-order valence-electron chi connectivity index (χ4n) is 1.98. The zero-order valence-electron chi connectivity index (χ0n) is 11.9. The van der Waals surface area contributed by atoms with Crippen LogP contribution in [0, 0.1) is 12.8 Å². The van der Waals surface area contributed by atoms with Gasteiger partial charge in [-0.3, -0.25) is 0 Å². The molecule has 0 heterocycles. The second kappa shape index (κ2) is 7.05. The fraction of sp³-hybridized carbons (Fsp3) is 0.412. The first-order chi connectivity index (χ1) is 8.52. The largest absolute Gasteiger partial charge is 0.356 e. The molecule has 0 radical (unpaired) electrons. The van der Waals surface area contributed by atoms with E-state index in [0.717, 1.165) is 23.7 Å². The summed E-state index contributed by atoms with van der Waals surface area (Å²) in [5.41, 5.74) is 4.70. The maximum Gasteiger partial charge on any atom is 0.0416 e. The first kappa shape index (κ1) is 14.6. The molecule has 1 aromatic rings. The number of hydrogen-bond acceptors (Lipinski definition) is 1. The molecular weight excluding hydrogens is 218 g/mol. The summed E-state index contributed by atoms with van der Waals surface area (Å²) in [7, 11) is 0. The van der Waals surface area contributed by atoms with E-state index in [2.05, 4.69) is 57.4 Å². The molecule has 1 N–H and O–H groups in total. The molecule has 0 aromatic heterocycles. The van der Waals surface area contributed by atoms with Gasteiger partial charge in [-0.25, -0.2) is 0 Å². The van der Waals surface area contributed by atoms with Crippen molar-refractivity contribution >= 4 is 5.69 Å². The molecule has 18 heavy (non-hydrogen) atoms. The Kier molecular flexibility index (Phi) is 5.70. The van der Waals surface area contributed by atoms with Crippen molar-refractivity contribution in [3.63, 3.8) is 0 Å². The Hall–Kier alpha value is -1.50. The van der Waals surface area contributed by atoms with E-state index in [1.54, 1.807) is 6.08 Å². The molecule has 0 amide bonds. The molecule has 0 spiro atoms. The molecule has 0 aliphatic rings. The lowest BCUT2D eigenvalue weighted by atomic mass is 10.00. The van der Waals surface area contributed by atoms with Crippen LogP contribution in [0.1, 0.15) is 37.8 Å². The number of allylic oxidation sites excluding steroid dienone is 1. The number of nitrogens with one attached hydrogen (secondary N) is 1. The third-order valence-electron chi connectivity index (χ3n) is 3.03. The summed E-state index contributed by atoms with van der Waals surface area (Å²) in [6, 6.07) is 6.53. The highest BCUT2D eigenvalue weighted by Crippen LogP contribution is 2.22. The van der Waals surface area contributed by atoms with Gasteiger partial charge in [0.1, 0.15) is 0 Å². The molecule has 0 saturated carbocycles. The second-order valence-electron chi connectivity index (χ2n) is 5.30. The normalized spacial score (nSPS) is 10.4. The van der Waals surface area contributed by atoms with Crippen molar-refractivity contribution in [2.45, 2.75) is 40.0 Å². The second-order valence-corrected chi connectivity index (χ2v) is 5.30. The SMILES string of the molecule is C=CC(=C)Nc1ccc(C)cc1CCCC(C)C. The summed E-state index contributed by atoms with van der Waals surface area (Å²) in [5.74, 6) is 0.773. The van der Waals surface area contributed by atoms with Crippen LogP contribution in [0.3, 0.4) is 0 Å². The van der Waals surface area contributed by atoms with Gasteiger partial charge in [0.2, 0.25) is 0 Å². The third kappa shape index (κ3) is 4.79. The molecule has 0 saturated heterocycles. The summed E-state index contributed by atoms with van der Waals surface area (Å²) in [5, 5.41) is 3.31. The molecule has 1 rings (SSSR count).